The molecule has 0 aliphatic rings. The maximum atomic E-state index is 12.9. The molecule has 0 fully saturated rings. The third-order valence-electron chi connectivity index (χ3n) is 5.07. The van der Waals surface area contributed by atoms with Gasteiger partial charge in [0.2, 0.25) is 0 Å². The number of rotatable bonds is 7. The van der Waals surface area contributed by atoms with Gasteiger partial charge in [-0.3, -0.25) is 4.79 Å². The van der Waals surface area contributed by atoms with Gasteiger partial charge in [0.05, 0.1) is 6.54 Å². The number of ether oxygens (including phenoxy) is 1. The molecule has 0 aliphatic carbocycles. The first-order chi connectivity index (χ1) is 15.2. The smallest absolute Gasteiger partial charge is 0.193 e. The molecule has 0 aliphatic heterocycles. The third kappa shape index (κ3) is 6.66. The van der Waals surface area contributed by atoms with Crippen LogP contribution in [0.5, 0.6) is 5.75 Å². The molecule has 0 aromatic heterocycles. The fourth-order valence-electron chi connectivity index (χ4n) is 3.17. The number of hydrogen-bond donors (Lipinski definition) is 2. The monoisotopic (exact) mass is 446 g/mol. The molecule has 2 N–H and O–H groups in total. The summed E-state index contributed by atoms with van der Waals surface area (Å²) in [6.45, 7) is 9.58. The lowest BCUT2D eigenvalue weighted by atomic mass is 9.86. The molecule has 0 heterocycles. The quantitative estimate of drug-likeness (QED) is 0.269. The van der Waals surface area contributed by atoms with E-state index in [0.29, 0.717) is 29.4 Å². The topological polar surface area (TPSA) is 50.4 Å². The average molecular weight is 447 g/mol. The SMILES string of the molecule is Cc1ccc(OCCNC(=S)Nc2cccc(C(=O)c3ccc(C(C)(C)C)cc3)c2)cc1. The molecule has 0 bridgehead atoms. The van der Waals surface area contributed by atoms with E-state index in [1.165, 1.54) is 11.1 Å². The number of carbonyl (C=O) groups is 1. The largest absolute Gasteiger partial charge is 0.492 e. The van der Waals surface area contributed by atoms with Gasteiger partial charge in [0, 0.05) is 16.8 Å². The summed E-state index contributed by atoms with van der Waals surface area (Å²) >= 11 is 5.37. The Kier molecular flexibility index (Phi) is 7.65. The minimum Gasteiger partial charge on any atom is -0.492 e. The number of ketones is 1. The zero-order valence-corrected chi connectivity index (χ0v) is 19.9. The van der Waals surface area contributed by atoms with Gasteiger partial charge >= 0.3 is 0 Å². The summed E-state index contributed by atoms with van der Waals surface area (Å²) in [7, 11) is 0. The van der Waals surface area contributed by atoms with E-state index in [2.05, 4.69) is 31.4 Å². The molecule has 0 saturated heterocycles. The van der Waals surface area contributed by atoms with Gasteiger partial charge in [-0.1, -0.05) is 74.9 Å². The number of nitrogens with one attached hydrogen (secondary N) is 2. The molecule has 0 amide bonds. The number of carbonyl (C=O) groups excluding carboxylic acids is 1. The minimum absolute atomic E-state index is 0.0144. The molecule has 0 spiro atoms. The van der Waals surface area contributed by atoms with Crippen molar-refractivity contribution in [2.45, 2.75) is 33.1 Å². The summed E-state index contributed by atoms with van der Waals surface area (Å²) in [5.74, 6) is 0.817. The molecule has 3 aromatic rings. The van der Waals surface area contributed by atoms with E-state index < -0.39 is 0 Å². The van der Waals surface area contributed by atoms with Crippen LogP contribution in [0.25, 0.3) is 0 Å². The van der Waals surface area contributed by atoms with Crippen LogP contribution in [0.1, 0.15) is 47.8 Å². The number of thiocarbonyl (C=S) groups is 1. The number of benzene rings is 3. The number of hydrogen-bond acceptors (Lipinski definition) is 3. The molecule has 4 nitrogen and oxygen atoms in total. The summed E-state index contributed by atoms with van der Waals surface area (Å²) in [4.78, 5) is 12.9. The lowest BCUT2D eigenvalue weighted by Gasteiger charge is -2.19. The summed E-state index contributed by atoms with van der Waals surface area (Å²) in [5, 5.41) is 6.74. The molecule has 0 atom stereocenters. The molecular weight excluding hydrogens is 416 g/mol. The van der Waals surface area contributed by atoms with Crippen molar-refractivity contribution in [1.29, 1.82) is 0 Å². The van der Waals surface area contributed by atoms with Crippen molar-refractivity contribution >= 4 is 28.8 Å². The summed E-state index contributed by atoms with van der Waals surface area (Å²) in [6, 6.07) is 23.1. The average Bonchev–Trinajstić information content (AvgIpc) is 2.77. The highest BCUT2D eigenvalue weighted by molar-refractivity contribution is 7.80. The second-order valence-corrected chi connectivity index (χ2v) is 9.19. The van der Waals surface area contributed by atoms with E-state index in [9.17, 15) is 4.79 Å². The van der Waals surface area contributed by atoms with Gasteiger partial charge in [0.15, 0.2) is 10.9 Å². The highest BCUT2D eigenvalue weighted by Gasteiger charge is 2.15. The Hall–Kier alpha value is -3.18. The summed E-state index contributed by atoms with van der Waals surface area (Å²) < 4.78 is 5.70. The second-order valence-electron chi connectivity index (χ2n) is 8.78. The van der Waals surface area contributed by atoms with Gasteiger partial charge in [-0.25, -0.2) is 0 Å². The third-order valence-corrected chi connectivity index (χ3v) is 5.32. The Morgan fingerprint density at radius 1 is 0.938 bits per heavy atom. The highest BCUT2D eigenvalue weighted by atomic mass is 32.1. The van der Waals surface area contributed by atoms with Crippen molar-refractivity contribution in [1.82, 2.24) is 5.32 Å². The zero-order chi connectivity index (χ0) is 23.1. The van der Waals surface area contributed by atoms with Crippen LogP contribution in [0.15, 0.2) is 72.8 Å². The van der Waals surface area contributed by atoms with Crippen molar-refractivity contribution in [3.05, 3.63) is 95.1 Å². The van der Waals surface area contributed by atoms with E-state index in [1.54, 1.807) is 0 Å². The Morgan fingerprint density at radius 3 is 2.28 bits per heavy atom. The van der Waals surface area contributed by atoms with Crippen LogP contribution in [-0.4, -0.2) is 24.0 Å². The van der Waals surface area contributed by atoms with Crippen LogP contribution >= 0.6 is 12.2 Å². The molecule has 3 rings (SSSR count). The lowest BCUT2D eigenvalue weighted by Crippen LogP contribution is -2.32. The van der Waals surface area contributed by atoms with Crippen LogP contribution < -0.4 is 15.4 Å². The van der Waals surface area contributed by atoms with Crippen LogP contribution in [0.2, 0.25) is 0 Å². The first-order valence-electron chi connectivity index (χ1n) is 10.7. The maximum Gasteiger partial charge on any atom is 0.193 e. The maximum absolute atomic E-state index is 12.9. The second kappa shape index (κ2) is 10.4. The highest BCUT2D eigenvalue weighted by Crippen LogP contribution is 2.23. The number of anilines is 1. The molecule has 0 radical (unpaired) electrons. The van der Waals surface area contributed by atoms with Crippen LogP contribution in [-0.2, 0) is 5.41 Å². The standard InChI is InChI=1S/C27H30N2O2S/c1-19-8-14-24(15-9-19)31-17-16-28-26(32)29-23-7-5-6-21(18-23)25(30)20-10-12-22(13-11-20)27(2,3)4/h5-15,18H,16-17H2,1-4H3,(H2,28,29,32). The van der Waals surface area contributed by atoms with Crippen LogP contribution in [0, 0.1) is 6.92 Å². The van der Waals surface area contributed by atoms with E-state index in [0.717, 1.165) is 11.4 Å². The van der Waals surface area contributed by atoms with Crippen molar-refractivity contribution in [2.24, 2.45) is 0 Å². The molecule has 0 unspecified atom stereocenters. The fourth-order valence-corrected chi connectivity index (χ4v) is 3.39. The van der Waals surface area contributed by atoms with Gasteiger partial charge in [-0.15, -0.1) is 0 Å². The Bertz CT molecular complexity index is 1070. The van der Waals surface area contributed by atoms with Gasteiger partial charge in [-0.2, -0.15) is 0 Å². The predicted molar refractivity (Wildman–Crippen MR) is 136 cm³/mol. The molecule has 0 saturated carbocycles. The van der Waals surface area contributed by atoms with E-state index in [4.69, 9.17) is 17.0 Å². The summed E-state index contributed by atoms with van der Waals surface area (Å²) in [5.41, 5.74) is 4.50. The van der Waals surface area contributed by atoms with Gasteiger partial charge < -0.3 is 15.4 Å². The Labute approximate surface area is 196 Å². The molecule has 166 valence electrons. The minimum atomic E-state index is -0.0144. The summed E-state index contributed by atoms with van der Waals surface area (Å²) in [6.07, 6.45) is 0. The van der Waals surface area contributed by atoms with Gasteiger partial charge in [-0.05, 0) is 54.4 Å². The number of aryl methyl sites for hydroxylation is 1. The predicted octanol–water partition coefficient (Wildman–Crippen LogP) is 5.89. The van der Waals surface area contributed by atoms with Crippen LogP contribution in [0.4, 0.5) is 5.69 Å². The molecule has 5 heteroatoms. The Balaban J connectivity index is 1.53. The van der Waals surface area contributed by atoms with Crippen molar-refractivity contribution in [3.63, 3.8) is 0 Å². The lowest BCUT2D eigenvalue weighted by molar-refractivity contribution is 0.103. The molecule has 32 heavy (non-hydrogen) atoms. The van der Waals surface area contributed by atoms with E-state index >= 15 is 0 Å². The zero-order valence-electron chi connectivity index (χ0n) is 19.1. The fraction of sp³-hybridized carbons (Fsp3) is 0.259. The van der Waals surface area contributed by atoms with Gasteiger partial charge in [0.1, 0.15) is 12.4 Å². The van der Waals surface area contributed by atoms with Gasteiger partial charge in [0.25, 0.3) is 0 Å². The molecule has 3 aromatic carbocycles. The van der Waals surface area contributed by atoms with Crippen molar-refractivity contribution in [2.75, 3.05) is 18.5 Å². The van der Waals surface area contributed by atoms with Crippen molar-refractivity contribution in [3.8, 4) is 5.75 Å². The molecular formula is C27H30N2O2S. The first kappa shape index (κ1) is 23.5. The van der Waals surface area contributed by atoms with Crippen LogP contribution in [0.3, 0.4) is 0 Å². The van der Waals surface area contributed by atoms with E-state index in [-0.39, 0.29) is 11.2 Å². The van der Waals surface area contributed by atoms with Crippen molar-refractivity contribution < 1.29 is 9.53 Å². The Morgan fingerprint density at radius 2 is 1.62 bits per heavy atom. The first-order valence-corrected chi connectivity index (χ1v) is 11.1. The van der Waals surface area contributed by atoms with E-state index in [1.807, 2.05) is 79.7 Å². The normalized spacial score (nSPS) is 11.0.